The van der Waals surface area contributed by atoms with Crippen LogP contribution in [-0.2, 0) is 16.4 Å². The van der Waals surface area contributed by atoms with E-state index in [1.807, 2.05) is 6.07 Å². The van der Waals surface area contributed by atoms with Gasteiger partial charge >= 0.3 is 0 Å². The maximum atomic E-state index is 12.5. The molecular weight excluding hydrogens is 573 g/mol. The largest absolute Gasteiger partial charge is 0.382 e. The molecule has 1 atom stereocenters. The Bertz CT molecular complexity index is 1360. The average molecular weight is 611 g/mol. The molecule has 1 saturated carbocycles. The van der Waals surface area contributed by atoms with E-state index in [1.54, 1.807) is 12.1 Å². The molecule has 3 heterocycles. The summed E-state index contributed by atoms with van der Waals surface area (Å²) in [6.45, 7) is 6.92. The number of hydrogen-bond donors (Lipinski definition) is 2. The number of nitrogens with one attached hydrogen (secondary N) is 1. The van der Waals surface area contributed by atoms with Gasteiger partial charge in [-0.25, -0.2) is 18.4 Å². The van der Waals surface area contributed by atoms with Gasteiger partial charge in [-0.1, -0.05) is 36.2 Å². The quantitative estimate of drug-likeness (QED) is 0.464. The molecule has 5 rings (SSSR count). The first-order chi connectivity index (χ1) is 19.0. The summed E-state index contributed by atoms with van der Waals surface area (Å²) in [5, 5.41) is 3.51. The van der Waals surface area contributed by atoms with Gasteiger partial charge in [-0.3, -0.25) is 14.6 Å². The minimum atomic E-state index is -3.36. The Hall–Kier alpha value is -2.18. The van der Waals surface area contributed by atoms with E-state index in [9.17, 15) is 13.2 Å². The Balaban J connectivity index is 1.20. The van der Waals surface area contributed by atoms with Crippen molar-refractivity contribution < 1.29 is 13.2 Å². The molecule has 2 aromatic rings. The molecule has 0 bridgehead atoms. The van der Waals surface area contributed by atoms with Gasteiger partial charge in [-0.2, -0.15) is 0 Å². The average Bonchev–Trinajstić information content (AvgIpc) is 3.74. The lowest BCUT2D eigenvalue weighted by Gasteiger charge is -2.47. The Morgan fingerprint density at radius 3 is 2.48 bits per heavy atom. The highest BCUT2D eigenvalue weighted by atomic mass is 35.5. The van der Waals surface area contributed by atoms with Gasteiger partial charge < -0.3 is 16.0 Å². The number of hydrogen-bond acceptors (Lipinski definition) is 9. The SMILES string of the molecule is CCC1CN(c2nc(N)c(C(=O)NC3CC3)nc2Cl)CCN1C1CCN(Cc2ccc(Cl)cc2S(C)(=O)=O)CC1. The second-order valence-corrected chi connectivity index (χ2v) is 13.9. The summed E-state index contributed by atoms with van der Waals surface area (Å²) in [6, 6.07) is 6.08. The lowest BCUT2D eigenvalue weighted by Crippen LogP contribution is -2.58. The second kappa shape index (κ2) is 12.0. The van der Waals surface area contributed by atoms with Crippen molar-refractivity contribution in [2.24, 2.45) is 0 Å². The fraction of sp³-hybridized carbons (Fsp3) is 0.593. The van der Waals surface area contributed by atoms with Crippen molar-refractivity contribution in [2.75, 3.05) is 49.6 Å². The Morgan fingerprint density at radius 2 is 1.82 bits per heavy atom. The van der Waals surface area contributed by atoms with Crippen molar-refractivity contribution in [3.8, 4) is 0 Å². The number of carbonyl (C=O) groups excluding carboxylic acids is 1. The van der Waals surface area contributed by atoms with Crippen molar-refractivity contribution in [1.82, 2.24) is 25.1 Å². The third-order valence-electron chi connectivity index (χ3n) is 8.14. The molecule has 40 heavy (non-hydrogen) atoms. The third kappa shape index (κ3) is 6.65. The monoisotopic (exact) mass is 609 g/mol. The van der Waals surface area contributed by atoms with Gasteiger partial charge in [-0.15, -0.1) is 0 Å². The lowest BCUT2D eigenvalue weighted by molar-refractivity contribution is 0.0608. The molecule has 3 aliphatic rings. The molecule has 3 fully saturated rings. The van der Waals surface area contributed by atoms with Gasteiger partial charge in [0, 0.05) is 55.6 Å². The highest BCUT2D eigenvalue weighted by Gasteiger charge is 2.35. The van der Waals surface area contributed by atoms with E-state index in [4.69, 9.17) is 28.9 Å². The molecule has 2 saturated heterocycles. The van der Waals surface area contributed by atoms with Gasteiger partial charge in [0.05, 0.1) is 4.90 Å². The van der Waals surface area contributed by atoms with Crippen molar-refractivity contribution in [3.05, 3.63) is 39.6 Å². The lowest BCUT2D eigenvalue weighted by atomic mass is 9.98. The number of nitrogens with zero attached hydrogens (tertiary/aromatic N) is 5. The number of piperidine rings is 1. The Labute approximate surface area is 246 Å². The van der Waals surface area contributed by atoms with Crippen LogP contribution in [0.4, 0.5) is 11.6 Å². The van der Waals surface area contributed by atoms with Gasteiger partial charge in [0.1, 0.15) is 0 Å². The Morgan fingerprint density at radius 1 is 1.10 bits per heavy atom. The number of sulfone groups is 1. The van der Waals surface area contributed by atoms with Crippen LogP contribution in [0, 0.1) is 0 Å². The zero-order valence-corrected chi connectivity index (χ0v) is 25.3. The van der Waals surface area contributed by atoms with E-state index in [0.29, 0.717) is 34.4 Å². The van der Waals surface area contributed by atoms with E-state index in [1.165, 1.54) is 6.26 Å². The van der Waals surface area contributed by atoms with E-state index in [-0.39, 0.29) is 28.6 Å². The minimum absolute atomic E-state index is 0.0837. The summed E-state index contributed by atoms with van der Waals surface area (Å²) >= 11 is 12.6. The summed E-state index contributed by atoms with van der Waals surface area (Å²) in [5.74, 6) is 0.298. The van der Waals surface area contributed by atoms with Crippen molar-refractivity contribution in [1.29, 1.82) is 0 Å². The summed E-state index contributed by atoms with van der Waals surface area (Å²) in [6.07, 6.45) is 6.17. The molecule has 1 aliphatic carbocycles. The number of halogens is 2. The number of nitrogens with two attached hydrogens (primary N) is 1. The number of anilines is 2. The fourth-order valence-corrected chi connectivity index (χ4v) is 7.26. The Kier molecular flexibility index (Phi) is 8.77. The second-order valence-electron chi connectivity index (χ2n) is 11.1. The number of piperazine rings is 1. The van der Waals surface area contributed by atoms with E-state index < -0.39 is 9.84 Å². The molecule has 1 amide bonds. The number of aromatic nitrogens is 2. The zero-order chi connectivity index (χ0) is 28.6. The third-order valence-corrected chi connectivity index (χ3v) is 9.81. The van der Waals surface area contributed by atoms with Crippen LogP contribution in [0.15, 0.2) is 23.1 Å². The molecule has 1 aromatic carbocycles. The van der Waals surface area contributed by atoms with Crippen LogP contribution in [0.5, 0.6) is 0 Å². The minimum Gasteiger partial charge on any atom is -0.382 e. The van der Waals surface area contributed by atoms with Gasteiger partial charge in [0.15, 0.2) is 32.3 Å². The van der Waals surface area contributed by atoms with Gasteiger partial charge in [0.25, 0.3) is 5.91 Å². The summed E-state index contributed by atoms with van der Waals surface area (Å²) in [5.41, 5.74) is 7.01. The molecule has 1 unspecified atom stereocenters. The van der Waals surface area contributed by atoms with Gasteiger partial charge in [0.2, 0.25) is 0 Å². The smallest absolute Gasteiger partial charge is 0.274 e. The highest BCUT2D eigenvalue weighted by molar-refractivity contribution is 7.90. The predicted molar refractivity (Wildman–Crippen MR) is 158 cm³/mol. The normalized spacial score (nSPS) is 21.5. The first-order valence-corrected chi connectivity index (χ1v) is 16.5. The summed E-state index contributed by atoms with van der Waals surface area (Å²) < 4.78 is 24.6. The van der Waals surface area contributed by atoms with Crippen LogP contribution >= 0.6 is 23.2 Å². The first-order valence-electron chi connectivity index (χ1n) is 13.9. The number of benzene rings is 1. The number of carbonyl (C=O) groups is 1. The van der Waals surface area contributed by atoms with Crippen LogP contribution in [0.2, 0.25) is 10.2 Å². The summed E-state index contributed by atoms with van der Waals surface area (Å²) in [7, 11) is -3.36. The van der Waals surface area contributed by atoms with E-state index >= 15 is 0 Å². The molecule has 218 valence electrons. The van der Waals surface area contributed by atoms with Crippen LogP contribution in [-0.4, -0.2) is 91.2 Å². The van der Waals surface area contributed by atoms with E-state index in [2.05, 4.69) is 36.9 Å². The number of likely N-dealkylation sites (tertiary alicyclic amines) is 1. The molecule has 0 spiro atoms. The maximum absolute atomic E-state index is 12.5. The molecule has 10 nitrogen and oxygen atoms in total. The first kappa shape index (κ1) is 29.3. The molecule has 13 heteroatoms. The zero-order valence-electron chi connectivity index (χ0n) is 22.9. The van der Waals surface area contributed by atoms with Crippen molar-refractivity contribution in [2.45, 2.75) is 68.6 Å². The molecule has 1 aromatic heterocycles. The van der Waals surface area contributed by atoms with Crippen molar-refractivity contribution >= 4 is 50.6 Å². The molecule has 2 aliphatic heterocycles. The van der Waals surface area contributed by atoms with Crippen molar-refractivity contribution in [3.63, 3.8) is 0 Å². The standard InChI is InChI=1S/C27H37Cl2N7O3S/c1-3-20-16-35(26-24(29)32-23(25(30)33-26)27(37)31-19-6-7-19)12-13-36(20)21-8-10-34(11-9-21)15-17-4-5-18(28)14-22(17)40(2,38)39/h4-5,14,19-21H,3,6-13,15-16H2,1-2H3,(H2,30,33)(H,31,37). The number of rotatable bonds is 8. The number of nitrogen functional groups attached to an aromatic ring is 1. The van der Waals surface area contributed by atoms with Crippen LogP contribution in [0.1, 0.15) is 55.1 Å². The van der Waals surface area contributed by atoms with Crippen LogP contribution in [0.25, 0.3) is 0 Å². The molecular formula is C27H37Cl2N7O3S. The fourth-order valence-electron chi connectivity index (χ4n) is 5.83. The van der Waals surface area contributed by atoms with Crippen LogP contribution in [0.3, 0.4) is 0 Å². The number of amides is 1. The summed E-state index contributed by atoms with van der Waals surface area (Å²) in [4.78, 5) is 28.6. The molecule has 3 N–H and O–H groups in total. The van der Waals surface area contributed by atoms with Crippen LogP contribution < -0.4 is 16.0 Å². The topological polar surface area (TPSA) is 125 Å². The predicted octanol–water partition coefficient (Wildman–Crippen LogP) is 3.23. The highest BCUT2D eigenvalue weighted by Crippen LogP contribution is 2.31. The van der Waals surface area contributed by atoms with E-state index in [0.717, 1.165) is 70.4 Å². The maximum Gasteiger partial charge on any atom is 0.274 e. The van der Waals surface area contributed by atoms with Gasteiger partial charge in [-0.05, 0) is 62.9 Å². The molecule has 0 radical (unpaired) electrons.